The van der Waals surface area contributed by atoms with Gasteiger partial charge in [0.15, 0.2) is 0 Å². The molecule has 22 heavy (non-hydrogen) atoms. The van der Waals surface area contributed by atoms with Crippen LogP contribution in [0.4, 0.5) is 0 Å². The second-order valence-corrected chi connectivity index (χ2v) is 5.67. The average molecular weight is 518 g/mol. The molecule has 0 spiro atoms. The van der Waals surface area contributed by atoms with Crippen molar-refractivity contribution in [3.05, 3.63) is 41.0 Å². The summed E-state index contributed by atoms with van der Waals surface area (Å²) in [5.74, 6) is 0. The third-order valence-corrected chi connectivity index (χ3v) is 4.21. The van der Waals surface area contributed by atoms with Gasteiger partial charge in [-0.15, -0.1) is 11.3 Å². The number of benzene rings is 1. The number of nitrogens with two attached hydrogens (primary N) is 1. The number of rotatable bonds is 2. The molecule has 1 aliphatic heterocycles. The van der Waals surface area contributed by atoms with E-state index >= 15 is 0 Å². The first-order chi connectivity index (χ1) is 10.7. The number of nitrogens with one attached hydrogen (secondary N) is 1. The van der Waals surface area contributed by atoms with Crippen LogP contribution in [0.5, 0.6) is 0 Å². The second kappa shape index (κ2) is 11.2. The Bertz CT molecular complexity index is 528. The summed E-state index contributed by atoms with van der Waals surface area (Å²) in [5.41, 5.74) is 10.9. The van der Waals surface area contributed by atoms with E-state index in [-0.39, 0.29) is 6.10 Å². The van der Waals surface area contributed by atoms with Gasteiger partial charge < -0.3 is 16.2 Å². The molecular weight excluding hydrogens is 496 g/mol. The summed E-state index contributed by atoms with van der Waals surface area (Å²) in [4.78, 5) is 5.47. The fourth-order valence-corrected chi connectivity index (χ4v) is 2.82. The topological polar surface area (TPSA) is 91.4 Å². The third-order valence-electron chi connectivity index (χ3n) is 3.23. The van der Waals surface area contributed by atoms with Crippen LogP contribution in [0.25, 0.3) is 10.4 Å². The summed E-state index contributed by atoms with van der Waals surface area (Å²) >= 11 is 2.40. The molecule has 0 bridgehead atoms. The minimum atomic E-state index is -0.0648. The van der Waals surface area contributed by atoms with Crippen LogP contribution in [-0.4, -0.2) is 32.5 Å². The quantitative estimate of drug-likeness (QED) is 0.482. The zero-order chi connectivity index (χ0) is 16.4. The van der Waals surface area contributed by atoms with E-state index in [4.69, 9.17) is 14.0 Å². The number of hydrogen-bond acceptors (Lipinski definition) is 6. The van der Waals surface area contributed by atoms with Crippen molar-refractivity contribution in [2.24, 2.45) is 5.73 Å². The fourth-order valence-electron chi connectivity index (χ4n) is 2.01. The standard InChI is InChI=1S/C11H12N2S.C4H9NO.AtHO/c1-8-11(14-7-13-8)10-4-2-9(6-12)3-5-10;6-4-1-2-5-3-4;1-2/h2-5,7H,6,12H2,1H3;4-6H,1-3H2;2H. The number of β-amino-alcohol motifs (C(OH)–C–C–N with tert-alkyl or cyclic N) is 1. The molecule has 7 heteroatoms. The van der Waals surface area contributed by atoms with Gasteiger partial charge in [0.05, 0.1) is 22.2 Å². The van der Waals surface area contributed by atoms with Crippen molar-refractivity contribution >= 4 is 11.3 Å². The zero-order valence-corrected chi connectivity index (χ0v) is 16.3. The van der Waals surface area contributed by atoms with E-state index in [0.717, 1.165) is 55.9 Å². The summed E-state index contributed by atoms with van der Waals surface area (Å²) in [6.45, 7) is 4.41. The molecule has 0 radical (unpaired) electrons. The summed E-state index contributed by atoms with van der Waals surface area (Å²) in [6, 6.07) is 8.33. The van der Waals surface area contributed by atoms with Gasteiger partial charge in [-0.25, -0.2) is 4.98 Å². The van der Waals surface area contributed by atoms with Crippen LogP contribution in [0.3, 0.4) is 0 Å². The maximum atomic E-state index is 8.67. The Morgan fingerprint density at radius 3 is 2.41 bits per heavy atom. The van der Waals surface area contributed by atoms with E-state index in [9.17, 15) is 0 Å². The van der Waals surface area contributed by atoms with E-state index < -0.39 is 0 Å². The van der Waals surface area contributed by atoms with Crippen LogP contribution in [-0.2, 0) is 6.54 Å². The normalized spacial score (nSPS) is 16.3. The Labute approximate surface area is 151 Å². The molecule has 1 aromatic heterocycles. The van der Waals surface area contributed by atoms with Gasteiger partial charge in [0, 0.05) is 13.1 Å². The number of nitrogens with zero attached hydrogens (tertiary/aromatic N) is 1. The SMILES string of the molecule is Cc1ncsc1-c1ccc(CN)cc1.OC1CCNC1.O[At]. The number of hydrogen-bond donors (Lipinski definition) is 4. The van der Waals surface area contributed by atoms with Gasteiger partial charge in [-0.05, 0) is 31.0 Å². The van der Waals surface area contributed by atoms with Crippen LogP contribution >= 0.6 is 11.3 Å². The van der Waals surface area contributed by atoms with Crippen LogP contribution < -0.4 is 11.1 Å². The van der Waals surface area contributed by atoms with E-state index in [1.54, 1.807) is 11.3 Å². The molecule has 0 saturated carbocycles. The summed E-state index contributed by atoms with van der Waals surface area (Å²) in [5, 5.41) is 11.7. The molecule has 5 N–H and O–H groups in total. The molecule has 1 unspecified atom stereocenters. The Kier molecular flexibility index (Phi) is 9.95. The molecule has 2 heterocycles. The molecule has 122 valence electrons. The summed E-state index contributed by atoms with van der Waals surface area (Å²) in [6.07, 6.45) is 0.866. The van der Waals surface area contributed by atoms with E-state index in [0.29, 0.717) is 6.54 Å². The van der Waals surface area contributed by atoms with Gasteiger partial charge in [-0.3, -0.25) is 0 Å². The Morgan fingerprint density at radius 2 is 2.05 bits per heavy atom. The molecule has 1 aliphatic rings. The number of aliphatic hydroxyl groups excluding tert-OH is 1. The van der Waals surface area contributed by atoms with Crippen molar-refractivity contribution in [3.8, 4) is 10.4 Å². The van der Waals surface area contributed by atoms with Crippen molar-refractivity contribution in [2.45, 2.75) is 26.0 Å². The van der Waals surface area contributed by atoms with E-state index in [1.165, 1.54) is 10.4 Å². The van der Waals surface area contributed by atoms with Gasteiger partial charge in [-0.2, -0.15) is 0 Å². The first-order valence-corrected chi connectivity index (χ1v) is 9.15. The Morgan fingerprint density at radius 1 is 1.36 bits per heavy atom. The Balaban J connectivity index is 0.000000253. The first kappa shape index (κ1) is 19.6. The van der Waals surface area contributed by atoms with Crippen molar-refractivity contribution in [1.29, 1.82) is 0 Å². The molecule has 1 saturated heterocycles. The number of thiazole rings is 1. The Hall–Kier alpha value is -0.427. The second-order valence-electron chi connectivity index (χ2n) is 4.81. The summed E-state index contributed by atoms with van der Waals surface area (Å²) in [7, 11) is 0. The van der Waals surface area contributed by atoms with Crippen LogP contribution in [0.1, 0.15) is 17.7 Å². The molecule has 5 nitrogen and oxygen atoms in total. The van der Waals surface area contributed by atoms with Crippen LogP contribution in [0.15, 0.2) is 29.8 Å². The van der Waals surface area contributed by atoms with E-state index in [1.807, 2.05) is 12.4 Å². The fraction of sp³-hybridized carbons (Fsp3) is 0.400. The monoisotopic (exact) mass is 518 g/mol. The molecule has 3 rings (SSSR count). The molecule has 0 amide bonds. The van der Waals surface area contributed by atoms with Gasteiger partial charge in [0.2, 0.25) is 0 Å². The van der Waals surface area contributed by atoms with Crippen LogP contribution in [0.2, 0.25) is 0 Å². The van der Waals surface area contributed by atoms with Gasteiger partial charge >= 0.3 is 28.3 Å². The van der Waals surface area contributed by atoms with Crippen molar-refractivity contribution in [1.82, 2.24) is 10.3 Å². The van der Waals surface area contributed by atoms with Crippen molar-refractivity contribution < 1.29 is 33.4 Å². The first-order valence-electron chi connectivity index (χ1n) is 6.96. The molecule has 1 fully saturated rings. The summed E-state index contributed by atoms with van der Waals surface area (Å²) < 4.78 is 7.06. The minimum absolute atomic E-state index is 0.0648. The zero-order valence-electron chi connectivity index (χ0n) is 12.5. The van der Waals surface area contributed by atoms with Gasteiger partial charge in [-0.1, -0.05) is 24.3 Å². The van der Waals surface area contributed by atoms with Crippen LogP contribution in [0, 0.1) is 32.1 Å². The van der Waals surface area contributed by atoms with E-state index in [2.05, 4.69) is 34.6 Å². The maximum absolute atomic E-state index is 8.67. The predicted octanol–water partition coefficient (Wildman–Crippen LogP) is 1.36. The average Bonchev–Trinajstić information content (AvgIpc) is 3.21. The molecule has 2 aromatic rings. The number of aliphatic hydroxyl groups is 1. The number of aromatic nitrogens is 1. The molecule has 0 aliphatic carbocycles. The molecule has 1 atom stereocenters. The predicted molar refractivity (Wildman–Crippen MR) is 85.9 cm³/mol. The number of aryl methyl sites for hydroxylation is 1. The van der Waals surface area contributed by atoms with Gasteiger partial charge in [0.25, 0.3) is 0 Å². The van der Waals surface area contributed by atoms with Gasteiger partial charge in [0.1, 0.15) is 0 Å². The van der Waals surface area contributed by atoms with Crippen molar-refractivity contribution in [3.63, 3.8) is 0 Å². The third kappa shape index (κ3) is 6.36. The molecular formula is C15H22AtN3O2S. The van der Waals surface area contributed by atoms with Crippen molar-refractivity contribution in [2.75, 3.05) is 13.1 Å². The molecule has 1 aromatic carbocycles.